The zero-order valence-corrected chi connectivity index (χ0v) is 9.17. The van der Waals surface area contributed by atoms with Crippen LogP contribution in [0.4, 0.5) is 0 Å². The van der Waals surface area contributed by atoms with Gasteiger partial charge in [0.2, 0.25) is 0 Å². The number of halogens is 1. The predicted octanol–water partition coefficient (Wildman–Crippen LogP) is 2.13. The van der Waals surface area contributed by atoms with Crippen molar-refractivity contribution in [3.05, 3.63) is 27.7 Å². The van der Waals surface area contributed by atoms with Gasteiger partial charge >= 0.3 is 11.9 Å². The van der Waals surface area contributed by atoms with Crippen molar-refractivity contribution in [3.8, 4) is 0 Å². The maximum atomic E-state index is 10.7. The van der Waals surface area contributed by atoms with Gasteiger partial charge in [0.05, 0.1) is 11.1 Å². The lowest BCUT2D eigenvalue weighted by molar-refractivity contribution is 0.0693. The van der Waals surface area contributed by atoms with E-state index in [1.54, 1.807) is 0 Å². The van der Waals surface area contributed by atoms with Crippen molar-refractivity contribution in [1.29, 1.82) is 0 Å². The molecule has 0 heterocycles. The second-order valence-electron chi connectivity index (χ2n) is 2.46. The summed E-state index contributed by atoms with van der Waals surface area (Å²) in [6.07, 6.45) is 0. The second kappa shape index (κ2) is 4.02. The highest BCUT2D eigenvalue weighted by molar-refractivity contribution is 9.10. The first-order valence-electron chi connectivity index (χ1n) is 3.42. The van der Waals surface area contributed by atoms with Gasteiger partial charge in [-0.15, -0.1) is 12.6 Å². The van der Waals surface area contributed by atoms with E-state index in [2.05, 4.69) is 28.6 Å². The van der Waals surface area contributed by atoms with E-state index < -0.39 is 11.9 Å². The molecule has 0 saturated carbocycles. The van der Waals surface area contributed by atoms with Crippen LogP contribution < -0.4 is 0 Å². The standard InChI is InChI=1S/C8H5BrO4S/c9-5-2-3(7(10)11)1-4(6(5)14)8(12)13/h1-2,14H,(H,10,11)(H,12,13). The van der Waals surface area contributed by atoms with Crippen LogP contribution in [0.3, 0.4) is 0 Å². The summed E-state index contributed by atoms with van der Waals surface area (Å²) < 4.78 is 0.345. The minimum atomic E-state index is -1.21. The second-order valence-corrected chi connectivity index (χ2v) is 3.77. The average molecular weight is 277 g/mol. The van der Waals surface area contributed by atoms with Crippen LogP contribution in [-0.4, -0.2) is 22.2 Å². The first-order valence-corrected chi connectivity index (χ1v) is 4.66. The van der Waals surface area contributed by atoms with E-state index in [4.69, 9.17) is 10.2 Å². The van der Waals surface area contributed by atoms with Crippen molar-refractivity contribution in [2.24, 2.45) is 0 Å². The summed E-state index contributed by atoms with van der Waals surface area (Å²) in [5.74, 6) is -2.39. The molecule has 0 radical (unpaired) electrons. The third-order valence-electron chi connectivity index (χ3n) is 1.54. The molecule has 0 spiro atoms. The van der Waals surface area contributed by atoms with E-state index in [0.29, 0.717) is 4.47 Å². The number of hydrogen-bond acceptors (Lipinski definition) is 3. The van der Waals surface area contributed by atoms with Crippen LogP contribution in [0.2, 0.25) is 0 Å². The molecular weight excluding hydrogens is 272 g/mol. The number of rotatable bonds is 2. The Bertz CT molecular complexity index is 416. The molecule has 4 nitrogen and oxygen atoms in total. The summed E-state index contributed by atoms with van der Waals surface area (Å²) in [5, 5.41) is 17.4. The van der Waals surface area contributed by atoms with Gasteiger partial charge in [0.15, 0.2) is 0 Å². The summed E-state index contributed by atoms with van der Waals surface area (Å²) in [7, 11) is 0. The Morgan fingerprint density at radius 1 is 1.21 bits per heavy atom. The summed E-state index contributed by atoms with van der Waals surface area (Å²) >= 11 is 6.98. The molecule has 0 amide bonds. The Labute approximate surface area is 93.1 Å². The normalized spacial score (nSPS) is 9.86. The zero-order chi connectivity index (χ0) is 10.9. The molecule has 14 heavy (non-hydrogen) atoms. The number of aromatic carboxylic acids is 2. The molecule has 0 unspecified atom stereocenters. The number of benzene rings is 1. The van der Waals surface area contributed by atoms with E-state index in [1.807, 2.05) is 0 Å². The lowest BCUT2D eigenvalue weighted by Crippen LogP contribution is -2.03. The van der Waals surface area contributed by atoms with Crippen LogP contribution in [0.15, 0.2) is 21.5 Å². The third-order valence-corrected chi connectivity index (χ3v) is 2.95. The Hall–Kier alpha value is -1.01. The SMILES string of the molecule is O=C(O)c1cc(Br)c(S)c(C(=O)O)c1. The minimum absolute atomic E-state index is 0.0907. The molecule has 1 aromatic carbocycles. The zero-order valence-electron chi connectivity index (χ0n) is 6.69. The number of hydrogen-bond donors (Lipinski definition) is 3. The topological polar surface area (TPSA) is 74.6 Å². The molecule has 0 aliphatic rings. The van der Waals surface area contributed by atoms with Crippen LogP contribution in [0, 0.1) is 0 Å². The minimum Gasteiger partial charge on any atom is -0.478 e. The molecule has 1 rings (SSSR count). The molecule has 0 fully saturated rings. The van der Waals surface area contributed by atoms with E-state index in [-0.39, 0.29) is 16.0 Å². The van der Waals surface area contributed by atoms with E-state index in [0.717, 1.165) is 6.07 Å². The molecule has 2 N–H and O–H groups in total. The molecule has 0 bridgehead atoms. The predicted molar refractivity (Wildman–Crippen MR) is 55.3 cm³/mol. The van der Waals surface area contributed by atoms with Gasteiger partial charge in [0.25, 0.3) is 0 Å². The average Bonchev–Trinajstić information content (AvgIpc) is 2.08. The van der Waals surface area contributed by atoms with E-state index in [1.165, 1.54) is 6.07 Å². The molecule has 74 valence electrons. The Kier molecular flexibility index (Phi) is 3.17. The molecule has 6 heteroatoms. The Morgan fingerprint density at radius 3 is 2.21 bits per heavy atom. The first-order chi connectivity index (χ1) is 6.43. The van der Waals surface area contributed by atoms with Crippen LogP contribution >= 0.6 is 28.6 Å². The number of thiol groups is 1. The lowest BCUT2D eigenvalue weighted by Gasteiger charge is -2.04. The summed E-state index contributed by atoms with van der Waals surface area (Å²) in [6, 6.07) is 2.37. The van der Waals surface area contributed by atoms with Crippen LogP contribution in [0.1, 0.15) is 20.7 Å². The van der Waals surface area contributed by atoms with Crippen LogP contribution in [0.5, 0.6) is 0 Å². The van der Waals surface area contributed by atoms with Gasteiger partial charge < -0.3 is 10.2 Å². The van der Waals surface area contributed by atoms with Crippen molar-refractivity contribution < 1.29 is 19.8 Å². The molecular formula is C8H5BrO4S. The maximum Gasteiger partial charge on any atom is 0.336 e. The Balaban J connectivity index is 3.43. The van der Waals surface area contributed by atoms with Crippen LogP contribution in [-0.2, 0) is 0 Å². The monoisotopic (exact) mass is 276 g/mol. The largest absolute Gasteiger partial charge is 0.478 e. The Morgan fingerprint density at radius 2 is 1.79 bits per heavy atom. The molecule has 0 aliphatic heterocycles. The molecule has 0 atom stereocenters. The van der Waals surface area contributed by atoms with Gasteiger partial charge in [-0.25, -0.2) is 9.59 Å². The number of carboxylic acid groups (broad SMARTS) is 2. The summed E-state index contributed by atoms with van der Waals surface area (Å²) in [4.78, 5) is 21.5. The van der Waals surface area contributed by atoms with Crippen molar-refractivity contribution >= 4 is 40.5 Å². The molecule has 0 saturated heterocycles. The maximum absolute atomic E-state index is 10.7. The third kappa shape index (κ3) is 2.08. The highest BCUT2D eigenvalue weighted by atomic mass is 79.9. The van der Waals surface area contributed by atoms with Gasteiger partial charge in [-0.3, -0.25) is 0 Å². The quantitative estimate of drug-likeness (QED) is 0.724. The van der Waals surface area contributed by atoms with Crippen molar-refractivity contribution in [1.82, 2.24) is 0 Å². The van der Waals surface area contributed by atoms with E-state index in [9.17, 15) is 9.59 Å². The van der Waals surface area contributed by atoms with Crippen molar-refractivity contribution in [2.75, 3.05) is 0 Å². The van der Waals surface area contributed by atoms with Gasteiger partial charge in [-0.2, -0.15) is 0 Å². The summed E-state index contributed by atoms with van der Waals surface area (Å²) in [5.41, 5.74) is -0.229. The van der Waals surface area contributed by atoms with Crippen molar-refractivity contribution in [2.45, 2.75) is 4.90 Å². The fourth-order valence-electron chi connectivity index (χ4n) is 0.886. The highest BCUT2D eigenvalue weighted by Gasteiger charge is 2.15. The molecule has 0 aliphatic carbocycles. The van der Waals surface area contributed by atoms with Crippen LogP contribution in [0.25, 0.3) is 0 Å². The lowest BCUT2D eigenvalue weighted by atomic mass is 10.1. The number of carbonyl (C=O) groups is 2. The van der Waals surface area contributed by atoms with Gasteiger partial charge in [-0.1, -0.05) is 0 Å². The van der Waals surface area contributed by atoms with Gasteiger partial charge in [0, 0.05) is 9.37 Å². The molecule has 0 aromatic heterocycles. The number of carboxylic acids is 2. The van der Waals surface area contributed by atoms with E-state index >= 15 is 0 Å². The van der Waals surface area contributed by atoms with Gasteiger partial charge in [0.1, 0.15) is 0 Å². The smallest absolute Gasteiger partial charge is 0.336 e. The fraction of sp³-hybridized carbons (Fsp3) is 0. The van der Waals surface area contributed by atoms with Gasteiger partial charge in [-0.05, 0) is 28.1 Å². The molecule has 1 aromatic rings. The highest BCUT2D eigenvalue weighted by Crippen LogP contribution is 2.26. The van der Waals surface area contributed by atoms with Crippen molar-refractivity contribution in [3.63, 3.8) is 0 Å². The fourth-order valence-corrected chi connectivity index (χ4v) is 1.57. The summed E-state index contributed by atoms with van der Waals surface area (Å²) in [6.45, 7) is 0. The first kappa shape index (κ1) is 11.1.